The Hall–Kier alpha value is -3.79. The number of urea groups is 2. The molecule has 2 aliphatic rings. The zero-order valence-electron chi connectivity index (χ0n) is 21.4. The Morgan fingerprint density at radius 3 is 2.46 bits per heavy atom. The second-order valence-corrected chi connectivity index (χ2v) is 10.2. The van der Waals surface area contributed by atoms with Gasteiger partial charge in [-0.3, -0.25) is 0 Å². The maximum absolute atomic E-state index is 13.5. The van der Waals surface area contributed by atoms with Crippen LogP contribution in [0.1, 0.15) is 31.1 Å². The number of carbonyl (C=O) groups excluding carboxylic acids is 2. The second kappa shape index (κ2) is 9.26. The van der Waals surface area contributed by atoms with Gasteiger partial charge in [0.25, 0.3) is 0 Å². The fraction of sp³-hybridized carbons (Fsp3) is 0.407. The summed E-state index contributed by atoms with van der Waals surface area (Å²) in [5.74, 6) is 0.311. The van der Waals surface area contributed by atoms with Gasteiger partial charge in [-0.15, -0.1) is 0 Å². The number of rotatable bonds is 4. The molecule has 1 fully saturated rings. The molecule has 1 saturated heterocycles. The van der Waals surface area contributed by atoms with Crippen LogP contribution in [0.4, 0.5) is 19.7 Å². The van der Waals surface area contributed by atoms with E-state index >= 15 is 0 Å². The predicted molar refractivity (Wildman–Crippen MR) is 138 cm³/mol. The number of hydrogen-bond acceptors (Lipinski definition) is 4. The van der Waals surface area contributed by atoms with E-state index < -0.39 is 23.3 Å². The van der Waals surface area contributed by atoms with Crippen LogP contribution in [0.2, 0.25) is 0 Å². The molecule has 5 rings (SSSR count). The number of benzene rings is 2. The van der Waals surface area contributed by atoms with Crippen LogP contribution in [-0.4, -0.2) is 70.9 Å². The number of methoxy groups -OCH3 is 1. The van der Waals surface area contributed by atoms with Crippen LogP contribution in [0.25, 0.3) is 10.9 Å². The third-order valence-corrected chi connectivity index (χ3v) is 7.36. The quantitative estimate of drug-likeness (QED) is 0.501. The number of nitrogens with one attached hydrogen (secondary N) is 2. The number of aryl methyl sites for hydroxylation is 1. The lowest BCUT2D eigenvalue weighted by molar-refractivity contribution is 0.0324. The SMILES string of the molecule is COc1ccc2c3c(n(C)c2c1)[C@@H](CO)N(C(=O)Nc1ccc(F)cc1)CC31CN(C(=O)NC(C)C)C1. The van der Waals surface area contributed by atoms with E-state index in [4.69, 9.17) is 4.74 Å². The number of aromatic nitrogens is 1. The van der Waals surface area contributed by atoms with Gasteiger partial charge >= 0.3 is 12.1 Å². The van der Waals surface area contributed by atoms with Gasteiger partial charge in [-0.25, -0.2) is 14.0 Å². The smallest absolute Gasteiger partial charge is 0.322 e. The summed E-state index contributed by atoms with van der Waals surface area (Å²) in [7, 11) is 3.53. The monoisotopic (exact) mass is 509 g/mol. The largest absolute Gasteiger partial charge is 0.497 e. The molecule has 37 heavy (non-hydrogen) atoms. The molecule has 0 unspecified atom stereocenters. The topological polar surface area (TPSA) is 99.1 Å². The summed E-state index contributed by atoms with van der Waals surface area (Å²) >= 11 is 0. The molecule has 1 atom stereocenters. The molecule has 0 saturated carbocycles. The first-order valence-electron chi connectivity index (χ1n) is 12.3. The van der Waals surface area contributed by atoms with E-state index in [0.29, 0.717) is 31.1 Å². The average Bonchev–Trinajstić information content (AvgIpc) is 3.14. The Morgan fingerprint density at radius 1 is 1.14 bits per heavy atom. The summed E-state index contributed by atoms with van der Waals surface area (Å²) in [5, 5.41) is 17.3. The molecule has 1 spiro atoms. The lowest BCUT2D eigenvalue weighted by atomic mass is 9.69. The first-order valence-corrected chi connectivity index (χ1v) is 12.3. The predicted octanol–water partition coefficient (Wildman–Crippen LogP) is 3.58. The number of anilines is 1. The molecule has 0 aliphatic carbocycles. The van der Waals surface area contributed by atoms with Gasteiger partial charge in [0, 0.05) is 55.6 Å². The molecule has 0 radical (unpaired) electrons. The minimum atomic E-state index is -0.608. The van der Waals surface area contributed by atoms with Gasteiger partial charge in [0.2, 0.25) is 0 Å². The Kier molecular flexibility index (Phi) is 6.23. The zero-order valence-corrected chi connectivity index (χ0v) is 21.4. The molecule has 3 heterocycles. The van der Waals surface area contributed by atoms with Crippen molar-refractivity contribution in [2.75, 3.05) is 38.7 Å². The third kappa shape index (κ3) is 4.15. The highest BCUT2D eigenvalue weighted by molar-refractivity contribution is 5.93. The number of fused-ring (bicyclic) bond motifs is 4. The van der Waals surface area contributed by atoms with Crippen molar-refractivity contribution < 1.29 is 23.8 Å². The molecule has 0 bridgehead atoms. The molecule has 9 nitrogen and oxygen atoms in total. The number of likely N-dealkylation sites (tertiary alicyclic amines) is 1. The molecule has 196 valence electrons. The molecule has 3 aromatic rings. The molecule has 10 heteroatoms. The van der Waals surface area contributed by atoms with Crippen molar-refractivity contribution in [2.45, 2.75) is 31.3 Å². The van der Waals surface area contributed by atoms with Gasteiger partial charge in [0.1, 0.15) is 11.6 Å². The minimum Gasteiger partial charge on any atom is -0.497 e. The van der Waals surface area contributed by atoms with Crippen molar-refractivity contribution in [3.05, 3.63) is 59.5 Å². The van der Waals surface area contributed by atoms with Gasteiger partial charge < -0.3 is 34.8 Å². The summed E-state index contributed by atoms with van der Waals surface area (Å²) in [6.45, 7) is 4.73. The van der Waals surface area contributed by atoms with Crippen LogP contribution in [0.15, 0.2) is 42.5 Å². The number of aliphatic hydroxyl groups excluding tert-OH is 1. The maximum Gasteiger partial charge on any atom is 0.322 e. The summed E-state index contributed by atoms with van der Waals surface area (Å²) in [5.41, 5.74) is 2.74. The summed E-state index contributed by atoms with van der Waals surface area (Å²) in [6.07, 6.45) is 0. The highest BCUT2D eigenvalue weighted by atomic mass is 19.1. The second-order valence-electron chi connectivity index (χ2n) is 10.2. The molecular formula is C27H32FN5O4. The van der Waals surface area contributed by atoms with E-state index in [2.05, 4.69) is 10.6 Å². The number of ether oxygens (including phenoxy) is 1. The maximum atomic E-state index is 13.5. The van der Waals surface area contributed by atoms with Crippen molar-refractivity contribution in [1.82, 2.24) is 19.7 Å². The molecule has 1 aromatic heterocycles. The van der Waals surface area contributed by atoms with Crippen LogP contribution < -0.4 is 15.4 Å². The van der Waals surface area contributed by atoms with E-state index in [1.165, 1.54) is 24.3 Å². The van der Waals surface area contributed by atoms with E-state index in [1.54, 1.807) is 16.9 Å². The fourth-order valence-electron chi connectivity index (χ4n) is 5.72. The van der Waals surface area contributed by atoms with Crippen molar-refractivity contribution in [2.24, 2.45) is 7.05 Å². The van der Waals surface area contributed by atoms with Crippen molar-refractivity contribution in [1.29, 1.82) is 0 Å². The van der Waals surface area contributed by atoms with Gasteiger partial charge in [0.05, 0.1) is 30.7 Å². The summed E-state index contributed by atoms with van der Waals surface area (Å²) in [6, 6.07) is 10.3. The molecule has 2 aliphatic heterocycles. The zero-order chi connectivity index (χ0) is 26.5. The van der Waals surface area contributed by atoms with Crippen LogP contribution in [0.3, 0.4) is 0 Å². The Morgan fingerprint density at radius 2 is 1.84 bits per heavy atom. The van der Waals surface area contributed by atoms with Crippen molar-refractivity contribution in [3.63, 3.8) is 0 Å². The normalized spacial score (nSPS) is 18.1. The Labute approximate surface area is 214 Å². The lowest BCUT2D eigenvalue weighted by Crippen LogP contribution is -2.69. The van der Waals surface area contributed by atoms with E-state index in [1.807, 2.05) is 43.7 Å². The molecular weight excluding hydrogens is 477 g/mol. The third-order valence-electron chi connectivity index (χ3n) is 7.36. The molecule has 4 amide bonds. The minimum absolute atomic E-state index is 0.00717. The number of carbonyl (C=O) groups is 2. The van der Waals surface area contributed by atoms with Gasteiger partial charge in [0.15, 0.2) is 0 Å². The average molecular weight is 510 g/mol. The van der Waals surface area contributed by atoms with E-state index in [9.17, 15) is 19.1 Å². The van der Waals surface area contributed by atoms with Crippen molar-refractivity contribution in [3.8, 4) is 5.75 Å². The Balaban J connectivity index is 1.58. The number of nitrogens with zero attached hydrogens (tertiary/aromatic N) is 3. The Bertz CT molecular complexity index is 1350. The number of halogens is 1. The van der Waals surface area contributed by atoms with Crippen LogP contribution in [0, 0.1) is 5.82 Å². The first-order chi connectivity index (χ1) is 17.7. The summed E-state index contributed by atoms with van der Waals surface area (Å²) in [4.78, 5) is 29.7. The highest BCUT2D eigenvalue weighted by Gasteiger charge is 2.55. The van der Waals surface area contributed by atoms with Crippen LogP contribution in [-0.2, 0) is 12.5 Å². The van der Waals surface area contributed by atoms with E-state index in [-0.39, 0.29) is 18.7 Å². The fourth-order valence-corrected chi connectivity index (χ4v) is 5.72. The van der Waals surface area contributed by atoms with E-state index in [0.717, 1.165) is 22.2 Å². The van der Waals surface area contributed by atoms with Gasteiger partial charge in [-0.2, -0.15) is 0 Å². The van der Waals surface area contributed by atoms with Crippen molar-refractivity contribution >= 4 is 28.7 Å². The number of aliphatic hydroxyl groups is 1. The van der Waals surface area contributed by atoms with Crippen LogP contribution >= 0.6 is 0 Å². The number of hydrogen-bond donors (Lipinski definition) is 3. The van der Waals surface area contributed by atoms with Gasteiger partial charge in [-0.05, 0) is 55.8 Å². The first kappa shape index (κ1) is 24.9. The summed E-state index contributed by atoms with van der Waals surface area (Å²) < 4.78 is 20.8. The molecule has 3 N–H and O–H groups in total. The highest BCUT2D eigenvalue weighted by Crippen LogP contribution is 2.49. The molecule has 2 aromatic carbocycles. The number of amides is 4. The van der Waals surface area contributed by atoms with Gasteiger partial charge in [-0.1, -0.05) is 0 Å². The lowest BCUT2D eigenvalue weighted by Gasteiger charge is -2.56. The van der Waals surface area contributed by atoms with Crippen LogP contribution in [0.5, 0.6) is 5.75 Å². The standard InChI is InChI=1S/C27H32FN5O4/c1-16(2)29-25(35)32-13-27(14-32)15-33(26(36)30-18-7-5-17(28)6-8-18)22(12-34)24-23(27)20-10-9-19(37-4)11-21(20)31(24)3/h5-11,16,22,34H,12-15H2,1-4H3,(H,29,35)(H,30,36)/t22-/m1/s1.